The minimum absolute atomic E-state index is 0.0204. The van der Waals surface area contributed by atoms with Crippen LogP contribution in [0.1, 0.15) is 50.1 Å². The lowest BCUT2D eigenvalue weighted by molar-refractivity contribution is -0.143. The van der Waals surface area contributed by atoms with Crippen LogP contribution in [0.15, 0.2) is 36.4 Å². The molecule has 2 saturated heterocycles. The molecule has 144 valence electrons. The highest BCUT2D eigenvalue weighted by Crippen LogP contribution is 2.37. The van der Waals surface area contributed by atoms with E-state index in [9.17, 15) is 9.59 Å². The molecule has 0 saturated carbocycles. The van der Waals surface area contributed by atoms with Gasteiger partial charge in [0, 0.05) is 12.6 Å². The number of ether oxygens (including phenoxy) is 1. The first-order valence-electron chi connectivity index (χ1n) is 10.1. The molecule has 0 aromatic heterocycles. The van der Waals surface area contributed by atoms with E-state index in [0.29, 0.717) is 19.5 Å². The van der Waals surface area contributed by atoms with Gasteiger partial charge in [-0.15, -0.1) is 0 Å². The van der Waals surface area contributed by atoms with Gasteiger partial charge in [-0.3, -0.25) is 19.4 Å². The van der Waals surface area contributed by atoms with Gasteiger partial charge in [0.1, 0.15) is 5.75 Å². The number of imide groups is 1. The number of amides is 2. The van der Waals surface area contributed by atoms with Gasteiger partial charge in [-0.25, -0.2) is 0 Å². The molecule has 0 N–H and O–H groups in total. The molecule has 2 aliphatic heterocycles. The van der Waals surface area contributed by atoms with Crippen LogP contribution in [0.25, 0.3) is 0 Å². The molecule has 1 aliphatic carbocycles. The first-order chi connectivity index (χ1) is 13.2. The highest BCUT2D eigenvalue weighted by molar-refractivity contribution is 6.05. The fourth-order valence-electron chi connectivity index (χ4n) is 4.73. The number of carbonyl (C=O) groups is 2. The smallest absolute Gasteiger partial charge is 0.234 e. The summed E-state index contributed by atoms with van der Waals surface area (Å²) in [5, 5.41) is 0. The molecule has 2 amide bonds. The van der Waals surface area contributed by atoms with Crippen LogP contribution in [-0.2, 0) is 9.59 Å². The van der Waals surface area contributed by atoms with Crippen LogP contribution in [0.5, 0.6) is 5.75 Å². The van der Waals surface area contributed by atoms with Crippen LogP contribution in [0.2, 0.25) is 0 Å². The summed E-state index contributed by atoms with van der Waals surface area (Å²) in [6.45, 7) is 1.34. The lowest BCUT2D eigenvalue weighted by atomic mass is 9.85. The van der Waals surface area contributed by atoms with Crippen molar-refractivity contribution in [3.8, 4) is 5.75 Å². The third-order valence-electron chi connectivity index (χ3n) is 6.29. The molecule has 4 rings (SSSR count). The summed E-state index contributed by atoms with van der Waals surface area (Å²) in [6.07, 6.45) is 10.0. The summed E-state index contributed by atoms with van der Waals surface area (Å²) < 4.78 is 5.28. The molecule has 0 spiro atoms. The molecule has 0 bridgehead atoms. The van der Waals surface area contributed by atoms with E-state index < -0.39 is 0 Å². The van der Waals surface area contributed by atoms with E-state index >= 15 is 0 Å². The fraction of sp³-hybridized carbons (Fsp3) is 0.545. The number of likely N-dealkylation sites (tertiary alicyclic amines) is 2. The normalized spacial score (nSPS) is 28.9. The number of rotatable bonds is 4. The highest BCUT2D eigenvalue weighted by Gasteiger charge is 2.47. The van der Waals surface area contributed by atoms with Crippen molar-refractivity contribution in [2.75, 3.05) is 20.3 Å². The number of fused-ring (bicyclic) bond motifs is 1. The van der Waals surface area contributed by atoms with Gasteiger partial charge < -0.3 is 4.74 Å². The summed E-state index contributed by atoms with van der Waals surface area (Å²) in [7, 11) is 1.67. The van der Waals surface area contributed by atoms with Gasteiger partial charge in [-0.2, -0.15) is 0 Å². The summed E-state index contributed by atoms with van der Waals surface area (Å²) >= 11 is 0. The summed E-state index contributed by atoms with van der Waals surface area (Å²) in [4.78, 5) is 29.6. The van der Waals surface area contributed by atoms with Crippen molar-refractivity contribution in [2.24, 2.45) is 11.8 Å². The quantitative estimate of drug-likeness (QED) is 0.603. The molecule has 0 unspecified atom stereocenters. The van der Waals surface area contributed by atoms with Crippen molar-refractivity contribution >= 4 is 11.8 Å². The van der Waals surface area contributed by atoms with Gasteiger partial charge in [0.2, 0.25) is 11.8 Å². The fourth-order valence-corrected chi connectivity index (χ4v) is 4.73. The standard InChI is InChI=1S/C22H28N2O3/c1-27-17-12-10-16(11-13-17)20-9-3-2-6-14-23(20)15-24-21(25)18-7-4-5-8-19(18)22(24)26/h4-5,10-13,18-20H,2-3,6-9,14-15H2,1H3/t18-,19-,20+/m1/s1. The molecule has 3 atom stereocenters. The first kappa shape index (κ1) is 18.2. The number of hydrogen-bond donors (Lipinski definition) is 0. The molecule has 0 radical (unpaired) electrons. The Bertz CT molecular complexity index is 702. The summed E-state index contributed by atoms with van der Waals surface area (Å²) in [6, 6.07) is 8.44. The number of nitrogens with zero attached hydrogens (tertiary/aromatic N) is 2. The molecule has 2 heterocycles. The lowest BCUT2D eigenvalue weighted by Gasteiger charge is -2.33. The predicted octanol–water partition coefficient (Wildman–Crippen LogP) is 3.52. The number of hydrogen-bond acceptors (Lipinski definition) is 4. The van der Waals surface area contributed by atoms with Gasteiger partial charge >= 0.3 is 0 Å². The summed E-state index contributed by atoms with van der Waals surface area (Å²) in [5.74, 6) is 0.599. The van der Waals surface area contributed by atoms with Crippen molar-refractivity contribution in [3.63, 3.8) is 0 Å². The molecule has 5 nitrogen and oxygen atoms in total. The van der Waals surface area contributed by atoms with E-state index in [1.165, 1.54) is 23.3 Å². The number of allylic oxidation sites excluding steroid dienone is 2. The zero-order valence-electron chi connectivity index (χ0n) is 16.0. The molecular formula is C22H28N2O3. The third kappa shape index (κ3) is 3.53. The second kappa shape index (κ2) is 7.85. The molecule has 27 heavy (non-hydrogen) atoms. The Kier molecular flexibility index (Phi) is 5.30. The molecule has 1 aromatic rings. The van der Waals surface area contributed by atoms with Crippen LogP contribution in [-0.4, -0.2) is 41.9 Å². The predicted molar refractivity (Wildman–Crippen MR) is 103 cm³/mol. The lowest BCUT2D eigenvalue weighted by Crippen LogP contribution is -2.43. The average molecular weight is 368 g/mol. The Morgan fingerprint density at radius 3 is 2.26 bits per heavy atom. The van der Waals surface area contributed by atoms with Gasteiger partial charge in [0.25, 0.3) is 0 Å². The Morgan fingerprint density at radius 2 is 1.63 bits per heavy atom. The second-order valence-corrected chi connectivity index (χ2v) is 7.85. The van der Waals surface area contributed by atoms with Gasteiger partial charge in [-0.1, -0.05) is 37.1 Å². The largest absolute Gasteiger partial charge is 0.497 e. The Morgan fingerprint density at radius 1 is 0.963 bits per heavy atom. The van der Waals surface area contributed by atoms with Gasteiger partial charge in [0.15, 0.2) is 0 Å². The van der Waals surface area contributed by atoms with Crippen LogP contribution in [0, 0.1) is 11.8 Å². The number of carbonyl (C=O) groups excluding carboxylic acids is 2. The van der Waals surface area contributed by atoms with Gasteiger partial charge in [0.05, 0.1) is 25.6 Å². The van der Waals surface area contributed by atoms with E-state index in [2.05, 4.69) is 17.0 Å². The third-order valence-corrected chi connectivity index (χ3v) is 6.29. The SMILES string of the molecule is COc1ccc([C@@H]2CCCCCN2CN2C(=O)[C@@H]3CC=CC[C@H]3C2=O)cc1. The second-order valence-electron chi connectivity index (χ2n) is 7.85. The van der Waals surface area contributed by atoms with Crippen LogP contribution in [0.4, 0.5) is 0 Å². The monoisotopic (exact) mass is 368 g/mol. The van der Waals surface area contributed by atoms with Crippen molar-refractivity contribution in [1.82, 2.24) is 9.80 Å². The van der Waals surface area contributed by atoms with Crippen LogP contribution in [0.3, 0.4) is 0 Å². The highest BCUT2D eigenvalue weighted by atomic mass is 16.5. The van der Waals surface area contributed by atoms with E-state index in [1.807, 2.05) is 24.3 Å². The minimum atomic E-state index is -0.145. The molecule has 5 heteroatoms. The Hall–Kier alpha value is -2.14. The topological polar surface area (TPSA) is 49.9 Å². The Balaban J connectivity index is 1.54. The zero-order chi connectivity index (χ0) is 18.8. The zero-order valence-corrected chi connectivity index (χ0v) is 16.0. The molecular weight excluding hydrogens is 340 g/mol. The van der Waals surface area contributed by atoms with Crippen molar-refractivity contribution in [1.29, 1.82) is 0 Å². The van der Waals surface area contributed by atoms with Crippen molar-refractivity contribution in [2.45, 2.75) is 44.6 Å². The Labute approximate surface area is 161 Å². The van der Waals surface area contributed by atoms with Crippen LogP contribution < -0.4 is 4.74 Å². The number of benzene rings is 1. The van der Waals surface area contributed by atoms with E-state index in [-0.39, 0.29) is 29.7 Å². The first-order valence-corrected chi connectivity index (χ1v) is 10.1. The summed E-state index contributed by atoms with van der Waals surface area (Å²) in [5.41, 5.74) is 1.23. The van der Waals surface area contributed by atoms with Crippen molar-refractivity contribution in [3.05, 3.63) is 42.0 Å². The van der Waals surface area contributed by atoms with Crippen molar-refractivity contribution < 1.29 is 14.3 Å². The maximum absolute atomic E-state index is 12.9. The molecule has 1 aromatic carbocycles. The molecule has 2 fully saturated rings. The maximum atomic E-state index is 12.9. The average Bonchev–Trinajstić information content (AvgIpc) is 2.86. The van der Waals surface area contributed by atoms with Gasteiger partial charge in [-0.05, 0) is 43.4 Å². The maximum Gasteiger partial charge on any atom is 0.234 e. The molecule has 3 aliphatic rings. The van der Waals surface area contributed by atoms with E-state index in [0.717, 1.165) is 25.1 Å². The van der Waals surface area contributed by atoms with Crippen LogP contribution >= 0.6 is 0 Å². The van der Waals surface area contributed by atoms with E-state index in [1.54, 1.807) is 7.11 Å². The minimum Gasteiger partial charge on any atom is -0.497 e. The number of methoxy groups -OCH3 is 1. The van der Waals surface area contributed by atoms with E-state index in [4.69, 9.17) is 4.74 Å².